The third-order valence-electron chi connectivity index (χ3n) is 2.76. The van der Waals surface area contributed by atoms with Gasteiger partial charge in [-0.2, -0.15) is 0 Å². The van der Waals surface area contributed by atoms with E-state index in [0.717, 1.165) is 13.1 Å². The highest BCUT2D eigenvalue weighted by Gasteiger charge is 2.57. The summed E-state index contributed by atoms with van der Waals surface area (Å²) in [5, 5.41) is 3.34. The lowest BCUT2D eigenvalue weighted by molar-refractivity contribution is 0.0271. The molecule has 2 atom stereocenters. The van der Waals surface area contributed by atoms with Crippen LogP contribution in [-0.2, 0) is 4.74 Å². The average Bonchev–Trinajstić information content (AvgIpc) is 2.65. The van der Waals surface area contributed by atoms with Crippen LogP contribution >= 0.6 is 0 Å². The van der Waals surface area contributed by atoms with Crippen molar-refractivity contribution in [3.63, 3.8) is 0 Å². The lowest BCUT2D eigenvalue weighted by atomic mass is 10.1. The molecule has 2 saturated heterocycles. The molecule has 94 valence electrons. The van der Waals surface area contributed by atoms with Gasteiger partial charge in [-0.05, 0) is 27.7 Å². The molecule has 2 aliphatic heterocycles. The minimum atomic E-state index is -0.391. The van der Waals surface area contributed by atoms with Gasteiger partial charge in [0.2, 0.25) is 0 Å². The summed E-state index contributed by atoms with van der Waals surface area (Å²) in [7, 11) is 0. The number of ether oxygens (including phenoxy) is 1. The monoisotopic (exact) mass is 228 g/mol. The van der Waals surface area contributed by atoms with Crippen molar-refractivity contribution < 1.29 is 9.53 Å². The van der Waals surface area contributed by atoms with Gasteiger partial charge in [-0.15, -0.1) is 0 Å². The van der Waals surface area contributed by atoms with Crippen LogP contribution in [0.1, 0.15) is 41.5 Å². The predicted octanol–water partition coefficient (Wildman–Crippen LogP) is 1.99. The summed E-state index contributed by atoms with van der Waals surface area (Å²) >= 11 is 0. The summed E-state index contributed by atoms with van der Waals surface area (Å²) in [6.45, 7) is 13.4. The van der Waals surface area contributed by atoms with E-state index in [-0.39, 0.29) is 11.6 Å². The zero-order valence-electron chi connectivity index (χ0n) is 11.3. The molecular formula is C12H24N2O2. The van der Waals surface area contributed by atoms with E-state index in [0.29, 0.717) is 6.04 Å². The molecular weight excluding hydrogens is 204 g/mol. The Morgan fingerprint density at radius 2 is 2.00 bits per heavy atom. The first-order valence-electron chi connectivity index (χ1n) is 6.06. The first kappa shape index (κ1) is 13.3. The predicted molar refractivity (Wildman–Crippen MR) is 64.5 cm³/mol. The fourth-order valence-corrected chi connectivity index (χ4v) is 1.91. The molecule has 2 heterocycles. The Balaban J connectivity index is 0.000000606. The zero-order valence-corrected chi connectivity index (χ0v) is 11.3. The van der Waals surface area contributed by atoms with Crippen molar-refractivity contribution >= 4 is 6.09 Å². The summed E-state index contributed by atoms with van der Waals surface area (Å²) in [5.74, 6) is 0. The number of amides is 1. The van der Waals surface area contributed by atoms with Crippen molar-refractivity contribution in [3.8, 4) is 0 Å². The van der Waals surface area contributed by atoms with Gasteiger partial charge in [0.25, 0.3) is 0 Å². The van der Waals surface area contributed by atoms with E-state index in [4.69, 9.17) is 4.74 Å². The average molecular weight is 228 g/mol. The second-order valence-electron chi connectivity index (χ2n) is 5.48. The van der Waals surface area contributed by atoms with Crippen molar-refractivity contribution in [2.24, 2.45) is 0 Å². The Hall–Kier alpha value is -0.770. The number of likely N-dealkylation sites (tertiary alicyclic amines) is 1. The van der Waals surface area contributed by atoms with Gasteiger partial charge in [0, 0.05) is 19.1 Å². The van der Waals surface area contributed by atoms with Crippen LogP contribution in [0.3, 0.4) is 0 Å². The molecule has 0 unspecified atom stereocenters. The zero-order chi connectivity index (χ0) is 12.6. The Kier molecular flexibility index (Phi) is 3.53. The van der Waals surface area contributed by atoms with Crippen LogP contribution in [-0.4, -0.2) is 41.3 Å². The molecule has 1 amide bonds. The van der Waals surface area contributed by atoms with Gasteiger partial charge in [-0.1, -0.05) is 13.8 Å². The van der Waals surface area contributed by atoms with E-state index in [1.165, 1.54) is 0 Å². The fourth-order valence-electron chi connectivity index (χ4n) is 1.91. The maximum Gasteiger partial charge on any atom is 0.410 e. The van der Waals surface area contributed by atoms with Gasteiger partial charge in [-0.25, -0.2) is 4.79 Å². The van der Waals surface area contributed by atoms with E-state index in [1.807, 2.05) is 34.6 Å². The number of carbonyl (C=O) groups excluding carboxylic acids is 1. The molecule has 16 heavy (non-hydrogen) atoms. The number of carbonyl (C=O) groups is 1. The molecule has 0 aromatic rings. The third-order valence-corrected chi connectivity index (χ3v) is 2.76. The molecule has 2 rings (SSSR count). The van der Waals surface area contributed by atoms with Crippen LogP contribution in [0.2, 0.25) is 0 Å². The van der Waals surface area contributed by atoms with Crippen molar-refractivity contribution in [1.29, 1.82) is 0 Å². The van der Waals surface area contributed by atoms with Gasteiger partial charge in [0.05, 0.1) is 5.54 Å². The van der Waals surface area contributed by atoms with E-state index >= 15 is 0 Å². The highest BCUT2D eigenvalue weighted by atomic mass is 16.6. The largest absolute Gasteiger partial charge is 0.444 e. The Bertz CT molecular complexity index is 273. The highest BCUT2D eigenvalue weighted by Crippen LogP contribution is 2.34. The van der Waals surface area contributed by atoms with Gasteiger partial charge in [0.1, 0.15) is 5.60 Å². The molecule has 1 N–H and O–H groups in total. The van der Waals surface area contributed by atoms with E-state index in [9.17, 15) is 4.79 Å². The SMILES string of the molecule is CC.CC(C)(C)OC(=O)N1C[C@H]2N[C@@]2(C)C1. The molecule has 0 aromatic heterocycles. The molecule has 0 spiro atoms. The lowest BCUT2D eigenvalue weighted by Gasteiger charge is -2.25. The summed E-state index contributed by atoms with van der Waals surface area (Å²) in [6, 6.07) is 0.481. The minimum absolute atomic E-state index is 0.164. The molecule has 4 nitrogen and oxygen atoms in total. The molecule has 0 aromatic carbocycles. The molecule has 0 bridgehead atoms. The minimum Gasteiger partial charge on any atom is -0.444 e. The van der Waals surface area contributed by atoms with Crippen molar-refractivity contribution in [1.82, 2.24) is 10.2 Å². The van der Waals surface area contributed by atoms with Crippen LogP contribution in [0.25, 0.3) is 0 Å². The number of nitrogens with one attached hydrogen (secondary N) is 1. The maximum atomic E-state index is 11.6. The van der Waals surface area contributed by atoms with Crippen LogP contribution in [0.15, 0.2) is 0 Å². The molecule has 0 saturated carbocycles. The van der Waals surface area contributed by atoms with E-state index < -0.39 is 5.60 Å². The topological polar surface area (TPSA) is 51.5 Å². The van der Waals surface area contributed by atoms with Crippen molar-refractivity contribution in [3.05, 3.63) is 0 Å². The number of piperazine rings is 1. The quantitative estimate of drug-likeness (QED) is 0.645. The van der Waals surface area contributed by atoms with Crippen LogP contribution in [0.5, 0.6) is 0 Å². The van der Waals surface area contributed by atoms with Crippen LogP contribution in [0, 0.1) is 0 Å². The van der Waals surface area contributed by atoms with Crippen LogP contribution in [0.4, 0.5) is 4.79 Å². The first-order valence-corrected chi connectivity index (χ1v) is 6.06. The molecule has 2 aliphatic rings. The second-order valence-corrected chi connectivity index (χ2v) is 5.48. The van der Waals surface area contributed by atoms with Crippen molar-refractivity contribution in [2.45, 2.75) is 58.7 Å². The Morgan fingerprint density at radius 3 is 2.38 bits per heavy atom. The first-order chi connectivity index (χ1) is 7.30. The second kappa shape index (κ2) is 4.24. The van der Waals surface area contributed by atoms with Crippen molar-refractivity contribution in [2.75, 3.05) is 13.1 Å². The summed E-state index contributed by atoms with van der Waals surface area (Å²) in [4.78, 5) is 13.4. The number of hydrogen-bond acceptors (Lipinski definition) is 3. The van der Waals surface area contributed by atoms with Gasteiger partial charge in [-0.3, -0.25) is 0 Å². The van der Waals surface area contributed by atoms with E-state index in [2.05, 4.69) is 12.2 Å². The maximum absolute atomic E-state index is 11.6. The standard InChI is InChI=1S/C10H18N2O2.C2H6/c1-9(2,3)14-8(13)12-5-7-10(4,6-12)11-7;1-2/h7,11H,5-6H2,1-4H3;1-2H3/t7-,10+;/m1./s1. The number of rotatable bonds is 0. The normalized spacial score (nSPS) is 31.4. The number of fused-ring (bicyclic) bond motifs is 1. The van der Waals surface area contributed by atoms with Gasteiger partial charge >= 0.3 is 6.09 Å². The third kappa shape index (κ3) is 2.88. The lowest BCUT2D eigenvalue weighted by Crippen LogP contribution is -2.39. The van der Waals surface area contributed by atoms with Gasteiger partial charge in [0.15, 0.2) is 0 Å². The molecule has 0 radical (unpaired) electrons. The summed E-state index contributed by atoms with van der Waals surface area (Å²) in [6.07, 6.45) is -0.187. The fraction of sp³-hybridized carbons (Fsp3) is 0.917. The van der Waals surface area contributed by atoms with Gasteiger partial charge < -0.3 is 15.0 Å². The number of hydrogen-bond donors (Lipinski definition) is 1. The molecule has 0 aliphatic carbocycles. The Morgan fingerprint density at radius 1 is 1.44 bits per heavy atom. The van der Waals surface area contributed by atoms with Crippen LogP contribution < -0.4 is 5.32 Å². The molecule has 4 heteroatoms. The summed E-state index contributed by atoms with van der Waals surface area (Å²) < 4.78 is 5.29. The smallest absolute Gasteiger partial charge is 0.410 e. The highest BCUT2D eigenvalue weighted by molar-refractivity contribution is 5.69. The summed E-state index contributed by atoms with van der Waals surface area (Å²) in [5.41, 5.74) is -0.227. The number of nitrogens with zero attached hydrogens (tertiary/aromatic N) is 1. The van der Waals surface area contributed by atoms with E-state index in [1.54, 1.807) is 4.90 Å². The Labute approximate surface area is 98.3 Å². The molecule has 2 fully saturated rings.